The average Bonchev–Trinajstić information content (AvgIpc) is 2.88. The second kappa shape index (κ2) is 6.76. The second-order valence-corrected chi connectivity index (χ2v) is 5.98. The third-order valence-corrected chi connectivity index (χ3v) is 3.65. The van der Waals surface area contributed by atoms with Gasteiger partial charge in [0.05, 0.1) is 5.92 Å². The van der Waals surface area contributed by atoms with Gasteiger partial charge in [-0.3, -0.25) is 4.79 Å². The summed E-state index contributed by atoms with van der Waals surface area (Å²) in [5.41, 5.74) is 6.54. The van der Waals surface area contributed by atoms with E-state index in [1.54, 1.807) is 0 Å². The summed E-state index contributed by atoms with van der Waals surface area (Å²) in [7, 11) is 0. The number of nitrogens with one attached hydrogen (secondary N) is 1. The lowest BCUT2D eigenvalue weighted by atomic mass is 10.0. The molecule has 1 amide bonds. The van der Waals surface area contributed by atoms with Gasteiger partial charge in [0.15, 0.2) is 0 Å². The lowest BCUT2D eigenvalue weighted by molar-refractivity contribution is -0.123. The summed E-state index contributed by atoms with van der Waals surface area (Å²) in [6, 6.07) is 9.72. The topological polar surface area (TPSA) is 68.3 Å². The molecule has 114 valence electrons. The zero-order chi connectivity index (χ0) is 15.4. The van der Waals surface area contributed by atoms with Crippen LogP contribution in [0.15, 0.2) is 34.7 Å². The number of nitrogens with two attached hydrogens (primary N) is 1. The second-order valence-electron chi connectivity index (χ2n) is 5.98. The lowest BCUT2D eigenvalue weighted by Gasteiger charge is -2.20. The molecule has 0 bridgehead atoms. The highest BCUT2D eigenvalue weighted by molar-refractivity contribution is 5.85. The van der Waals surface area contributed by atoms with Crippen LogP contribution in [0.2, 0.25) is 0 Å². The summed E-state index contributed by atoms with van der Waals surface area (Å²) >= 11 is 0. The SMILES string of the molecule is CC(C)CC(CN)NC(=O)C(C)c1cc2ccccc2o1. The van der Waals surface area contributed by atoms with Crippen LogP contribution in [-0.2, 0) is 4.79 Å². The van der Waals surface area contributed by atoms with Crippen LogP contribution < -0.4 is 11.1 Å². The van der Waals surface area contributed by atoms with Crippen molar-refractivity contribution in [2.45, 2.75) is 39.2 Å². The number of carbonyl (C=O) groups excluding carboxylic acids is 1. The van der Waals surface area contributed by atoms with Crippen molar-refractivity contribution in [3.63, 3.8) is 0 Å². The van der Waals surface area contributed by atoms with E-state index in [9.17, 15) is 4.79 Å². The third-order valence-electron chi connectivity index (χ3n) is 3.65. The number of fused-ring (bicyclic) bond motifs is 1. The number of para-hydroxylation sites is 1. The molecule has 1 aromatic heterocycles. The van der Waals surface area contributed by atoms with E-state index in [2.05, 4.69) is 19.2 Å². The summed E-state index contributed by atoms with van der Waals surface area (Å²) in [6.07, 6.45) is 0.884. The Morgan fingerprint density at radius 1 is 1.29 bits per heavy atom. The zero-order valence-corrected chi connectivity index (χ0v) is 12.9. The van der Waals surface area contributed by atoms with Crippen molar-refractivity contribution in [1.82, 2.24) is 5.32 Å². The Bertz CT molecular complexity index is 571. The number of hydrogen-bond acceptors (Lipinski definition) is 3. The Hall–Kier alpha value is -1.81. The molecule has 3 N–H and O–H groups in total. The molecule has 2 unspecified atom stereocenters. The minimum Gasteiger partial charge on any atom is -0.460 e. The van der Waals surface area contributed by atoms with Crippen molar-refractivity contribution in [2.24, 2.45) is 11.7 Å². The number of hydrogen-bond donors (Lipinski definition) is 2. The van der Waals surface area contributed by atoms with E-state index in [1.807, 2.05) is 37.3 Å². The average molecular weight is 288 g/mol. The Morgan fingerprint density at radius 2 is 2.00 bits per heavy atom. The zero-order valence-electron chi connectivity index (χ0n) is 12.9. The minimum atomic E-state index is -0.321. The molecule has 0 radical (unpaired) electrons. The fourth-order valence-electron chi connectivity index (χ4n) is 2.45. The molecule has 1 heterocycles. The Morgan fingerprint density at radius 3 is 2.62 bits per heavy atom. The van der Waals surface area contributed by atoms with E-state index >= 15 is 0 Å². The number of benzene rings is 1. The Balaban J connectivity index is 2.07. The van der Waals surface area contributed by atoms with Crippen LogP contribution in [0.25, 0.3) is 11.0 Å². The van der Waals surface area contributed by atoms with Gasteiger partial charge >= 0.3 is 0 Å². The van der Waals surface area contributed by atoms with Crippen LogP contribution in [-0.4, -0.2) is 18.5 Å². The van der Waals surface area contributed by atoms with Crippen LogP contribution >= 0.6 is 0 Å². The standard InChI is InChI=1S/C17H24N2O2/c1-11(2)8-14(10-18)19-17(20)12(3)16-9-13-6-4-5-7-15(13)21-16/h4-7,9,11-12,14H,8,10,18H2,1-3H3,(H,19,20). The predicted molar refractivity (Wildman–Crippen MR) is 85.1 cm³/mol. The summed E-state index contributed by atoms with van der Waals surface area (Å²) in [6.45, 7) is 6.56. The van der Waals surface area contributed by atoms with E-state index in [1.165, 1.54) is 0 Å². The molecule has 0 spiro atoms. The molecule has 2 rings (SSSR count). The fraction of sp³-hybridized carbons (Fsp3) is 0.471. The quantitative estimate of drug-likeness (QED) is 0.858. The van der Waals surface area contributed by atoms with E-state index in [-0.39, 0.29) is 17.9 Å². The number of carbonyl (C=O) groups is 1. The van der Waals surface area contributed by atoms with Gasteiger partial charge in [-0.15, -0.1) is 0 Å². The van der Waals surface area contributed by atoms with Crippen molar-refractivity contribution in [2.75, 3.05) is 6.54 Å². The molecule has 0 aliphatic rings. The predicted octanol–water partition coefficient (Wildman–Crippen LogP) is 3.03. The molecule has 0 saturated heterocycles. The molecule has 0 saturated carbocycles. The molecular formula is C17H24N2O2. The van der Waals surface area contributed by atoms with Gasteiger partial charge in [-0.1, -0.05) is 32.0 Å². The van der Waals surface area contributed by atoms with Gasteiger partial charge in [0.2, 0.25) is 5.91 Å². The van der Waals surface area contributed by atoms with Crippen molar-refractivity contribution in [3.05, 3.63) is 36.1 Å². The summed E-state index contributed by atoms with van der Waals surface area (Å²) in [5, 5.41) is 4.03. The van der Waals surface area contributed by atoms with Gasteiger partial charge in [-0.25, -0.2) is 0 Å². The third kappa shape index (κ3) is 3.85. The van der Waals surface area contributed by atoms with Gasteiger partial charge in [0.1, 0.15) is 11.3 Å². The van der Waals surface area contributed by atoms with Gasteiger partial charge in [0, 0.05) is 18.0 Å². The maximum absolute atomic E-state index is 12.3. The van der Waals surface area contributed by atoms with Crippen molar-refractivity contribution in [1.29, 1.82) is 0 Å². The molecule has 0 fully saturated rings. The maximum Gasteiger partial charge on any atom is 0.230 e. The van der Waals surface area contributed by atoms with Crippen LogP contribution in [0, 0.1) is 5.92 Å². The van der Waals surface area contributed by atoms with Gasteiger partial charge in [-0.05, 0) is 31.4 Å². The normalized spacial score (nSPS) is 14.3. The van der Waals surface area contributed by atoms with Crippen LogP contribution in [0.3, 0.4) is 0 Å². The Labute approximate surface area is 125 Å². The summed E-state index contributed by atoms with van der Waals surface area (Å²) < 4.78 is 5.76. The summed E-state index contributed by atoms with van der Waals surface area (Å²) in [5.74, 6) is 0.832. The van der Waals surface area contributed by atoms with Gasteiger partial charge < -0.3 is 15.5 Å². The monoisotopic (exact) mass is 288 g/mol. The van der Waals surface area contributed by atoms with Crippen molar-refractivity contribution >= 4 is 16.9 Å². The van der Waals surface area contributed by atoms with E-state index in [4.69, 9.17) is 10.2 Å². The van der Waals surface area contributed by atoms with E-state index < -0.39 is 0 Å². The first-order chi connectivity index (χ1) is 10.0. The first kappa shape index (κ1) is 15.6. The first-order valence-electron chi connectivity index (χ1n) is 7.50. The molecule has 2 atom stereocenters. The minimum absolute atomic E-state index is 0.0179. The highest BCUT2D eigenvalue weighted by Gasteiger charge is 2.22. The van der Waals surface area contributed by atoms with Crippen molar-refractivity contribution in [3.8, 4) is 0 Å². The van der Waals surface area contributed by atoms with E-state index in [0.29, 0.717) is 18.2 Å². The van der Waals surface area contributed by atoms with Gasteiger partial charge in [0.25, 0.3) is 0 Å². The fourth-order valence-corrected chi connectivity index (χ4v) is 2.45. The molecule has 4 nitrogen and oxygen atoms in total. The maximum atomic E-state index is 12.3. The molecule has 21 heavy (non-hydrogen) atoms. The number of rotatable bonds is 6. The number of amides is 1. The highest BCUT2D eigenvalue weighted by atomic mass is 16.3. The molecule has 1 aromatic carbocycles. The Kier molecular flexibility index (Phi) is 5.02. The van der Waals surface area contributed by atoms with Crippen molar-refractivity contribution < 1.29 is 9.21 Å². The number of furan rings is 1. The molecule has 0 aliphatic carbocycles. The van der Waals surface area contributed by atoms with Crippen LogP contribution in [0.1, 0.15) is 38.9 Å². The molecule has 2 aromatic rings. The smallest absolute Gasteiger partial charge is 0.230 e. The first-order valence-corrected chi connectivity index (χ1v) is 7.50. The van der Waals surface area contributed by atoms with E-state index in [0.717, 1.165) is 17.4 Å². The molecule has 4 heteroatoms. The molecule has 0 aliphatic heterocycles. The highest BCUT2D eigenvalue weighted by Crippen LogP contribution is 2.25. The molecular weight excluding hydrogens is 264 g/mol. The lowest BCUT2D eigenvalue weighted by Crippen LogP contribution is -2.42. The van der Waals surface area contributed by atoms with Crippen LogP contribution in [0.5, 0.6) is 0 Å². The van der Waals surface area contributed by atoms with Crippen LogP contribution in [0.4, 0.5) is 0 Å². The largest absolute Gasteiger partial charge is 0.460 e. The summed E-state index contributed by atoms with van der Waals surface area (Å²) in [4.78, 5) is 12.3. The van der Waals surface area contributed by atoms with Gasteiger partial charge in [-0.2, -0.15) is 0 Å².